The number of halogens is 3. The highest BCUT2D eigenvalue weighted by molar-refractivity contribution is 5.74. The molecule has 0 heterocycles. The first-order chi connectivity index (χ1) is 11.9. The summed E-state index contributed by atoms with van der Waals surface area (Å²) in [5.74, 6) is -2.33. The van der Waals surface area contributed by atoms with Gasteiger partial charge in [0.2, 0.25) is 0 Å². The predicted octanol–water partition coefficient (Wildman–Crippen LogP) is 2.87. The average Bonchev–Trinajstić information content (AvgIpc) is 2.54. The van der Waals surface area contributed by atoms with Gasteiger partial charge in [0, 0.05) is 11.6 Å². The third kappa shape index (κ3) is 5.54. The number of alkyl halides is 2. The zero-order valence-electron chi connectivity index (χ0n) is 13.3. The summed E-state index contributed by atoms with van der Waals surface area (Å²) in [6.07, 6.45) is 2.01. The van der Waals surface area contributed by atoms with Gasteiger partial charge in [-0.3, -0.25) is 4.79 Å². The molecule has 0 spiro atoms. The zero-order valence-corrected chi connectivity index (χ0v) is 13.3. The monoisotopic (exact) mass is 360 g/mol. The Labute approximate surface area is 142 Å². The molecule has 25 heavy (non-hydrogen) atoms. The normalized spacial score (nSPS) is 20.2. The number of carboxylic acids is 1. The van der Waals surface area contributed by atoms with Gasteiger partial charge in [0.15, 0.2) is 0 Å². The lowest BCUT2D eigenvalue weighted by Gasteiger charge is -2.26. The van der Waals surface area contributed by atoms with E-state index >= 15 is 0 Å². The molecule has 1 aromatic carbocycles. The maximum Gasteiger partial charge on any atom is 0.387 e. The summed E-state index contributed by atoms with van der Waals surface area (Å²) in [5.41, 5.74) is -0.174. The van der Waals surface area contributed by atoms with E-state index in [1.54, 1.807) is 0 Å². The van der Waals surface area contributed by atoms with Crippen molar-refractivity contribution in [3.05, 3.63) is 29.6 Å². The number of hydrogen-bond donors (Lipinski definition) is 3. The Bertz CT molecular complexity index is 619. The van der Waals surface area contributed by atoms with Crippen molar-refractivity contribution in [3.8, 4) is 5.75 Å². The minimum Gasteiger partial charge on any atom is -0.481 e. The Morgan fingerprint density at radius 3 is 2.52 bits per heavy atom. The summed E-state index contributed by atoms with van der Waals surface area (Å²) < 4.78 is 42.7. The molecule has 1 fully saturated rings. The fourth-order valence-corrected chi connectivity index (χ4v) is 2.81. The number of carbonyl (C=O) groups excluding carboxylic acids is 1. The first-order valence-corrected chi connectivity index (χ1v) is 7.86. The zero-order chi connectivity index (χ0) is 18.4. The second-order valence-electron chi connectivity index (χ2n) is 5.81. The molecule has 1 aliphatic carbocycles. The molecule has 0 saturated heterocycles. The van der Waals surface area contributed by atoms with Gasteiger partial charge < -0.3 is 20.5 Å². The molecule has 1 aliphatic rings. The largest absolute Gasteiger partial charge is 0.481 e. The summed E-state index contributed by atoms with van der Waals surface area (Å²) in [6, 6.07) is 2.76. The van der Waals surface area contributed by atoms with Crippen molar-refractivity contribution < 1.29 is 32.6 Å². The van der Waals surface area contributed by atoms with Gasteiger partial charge in [-0.05, 0) is 37.8 Å². The van der Waals surface area contributed by atoms with E-state index in [0.29, 0.717) is 25.7 Å². The highest BCUT2D eigenvalue weighted by atomic mass is 19.3. The predicted molar refractivity (Wildman–Crippen MR) is 81.8 cm³/mol. The van der Waals surface area contributed by atoms with Crippen molar-refractivity contribution in [2.75, 3.05) is 0 Å². The van der Waals surface area contributed by atoms with E-state index in [-0.39, 0.29) is 23.9 Å². The second kappa shape index (κ2) is 8.59. The molecule has 1 aromatic rings. The van der Waals surface area contributed by atoms with E-state index < -0.39 is 30.3 Å². The van der Waals surface area contributed by atoms with Crippen molar-refractivity contribution in [2.45, 2.75) is 44.9 Å². The van der Waals surface area contributed by atoms with Gasteiger partial charge in [0.1, 0.15) is 11.6 Å². The van der Waals surface area contributed by atoms with Crippen LogP contribution in [0.5, 0.6) is 5.75 Å². The van der Waals surface area contributed by atoms with E-state index in [4.69, 9.17) is 5.11 Å². The standard InChI is InChI=1S/C16H19F3N2O4/c17-12-2-1-3-13(25-15(18)19)11(12)8-20-16(24)21-10-6-4-9(5-7-10)14(22)23/h1-3,9-10,15H,4-8H2,(H,22,23)(H2,20,21,24). The SMILES string of the molecule is O=C(NCc1c(F)cccc1OC(F)F)NC1CCC(C(=O)O)CC1. The maximum atomic E-state index is 13.8. The van der Waals surface area contributed by atoms with Crippen molar-refractivity contribution >= 4 is 12.0 Å². The molecule has 0 atom stereocenters. The van der Waals surface area contributed by atoms with Crippen LogP contribution in [0.3, 0.4) is 0 Å². The number of carbonyl (C=O) groups is 2. The van der Waals surface area contributed by atoms with Crippen LogP contribution >= 0.6 is 0 Å². The fourth-order valence-electron chi connectivity index (χ4n) is 2.81. The fraction of sp³-hybridized carbons (Fsp3) is 0.500. The van der Waals surface area contributed by atoms with Crippen LogP contribution in [-0.2, 0) is 11.3 Å². The Balaban J connectivity index is 1.85. The molecule has 0 bridgehead atoms. The van der Waals surface area contributed by atoms with E-state index in [1.165, 1.54) is 12.1 Å². The smallest absolute Gasteiger partial charge is 0.387 e. The molecule has 138 valence electrons. The Morgan fingerprint density at radius 2 is 1.92 bits per heavy atom. The van der Waals surface area contributed by atoms with Gasteiger partial charge in [-0.15, -0.1) is 0 Å². The van der Waals surface area contributed by atoms with Crippen molar-refractivity contribution in [3.63, 3.8) is 0 Å². The highest BCUT2D eigenvalue weighted by Crippen LogP contribution is 2.25. The molecule has 0 aromatic heterocycles. The highest BCUT2D eigenvalue weighted by Gasteiger charge is 2.26. The van der Waals surface area contributed by atoms with Crippen LogP contribution in [0.1, 0.15) is 31.2 Å². The third-order valence-electron chi connectivity index (χ3n) is 4.13. The number of hydrogen-bond acceptors (Lipinski definition) is 3. The van der Waals surface area contributed by atoms with Crippen LogP contribution in [0, 0.1) is 11.7 Å². The molecule has 0 aliphatic heterocycles. The number of urea groups is 1. The number of ether oxygens (including phenoxy) is 1. The summed E-state index contributed by atoms with van der Waals surface area (Å²) in [6.45, 7) is -3.41. The van der Waals surface area contributed by atoms with Gasteiger partial charge in [0.05, 0.1) is 12.5 Å². The summed E-state index contributed by atoms with van der Waals surface area (Å²) in [4.78, 5) is 22.8. The van der Waals surface area contributed by atoms with E-state index in [0.717, 1.165) is 6.07 Å². The lowest BCUT2D eigenvalue weighted by molar-refractivity contribution is -0.142. The van der Waals surface area contributed by atoms with Crippen LogP contribution in [0.15, 0.2) is 18.2 Å². The Kier molecular flexibility index (Phi) is 6.49. The third-order valence-corrected chi connectivity index (χ3v) is 4.13. The Hall–Kier alpha value is -2.45. The number of carboxylic acid groups (broad SMARTS) is 1. The molecule has 3 N–H and O–H groups in total. The first-order valence-electron chi connectivity index (χ1n) is 7.86. The van der Waals surface area contributed by atoms with Crippen LogP contribution in [0.25, 0.3) is 0 Å². The summed E-state index contributed by atoms with van der Waals surface area (Å²) in [7, 11) is 0. The van der Waals surface area contributed by atoms with Gasteiger partial charge in [-0.25, -0.2) is 9.18 Å². The van der Waals surface area contributed by atoms with E-state index in [9.17, 15) is 22.8 Å². The lowest BCUT2D eigenvalue weighted by Crippen LogP contribution is -2.44. The number of nitrogens with one attached hydrogen (secondary N) is 2. The molecule has 1 saturated carbocycles. The van der Waals surface area contributed by atoms with E-state index in [2.05, 4.69) is 15.4 Å². The molecule has 6 nitrogen and oxygen atoms in total. The van der Waals surface area contributed by atoms with Gasteiger partial charge in [-0.1, -0.05) is 6.07 Å². The van der Waals surface area contributed by atoms with Gasteiger partial charge in [0.25, 0.3) is 0 Å². The number of benzene rings is 1. The minimum absolute atomic E-state index is 0.173. The average molecular weight is 360 g/mol. The van der Waals surface area contributed by atoms with Crippen molar-refractivity contribution in [1.29, 1.82) is 0 Å². The molecular formula is C16H19F3N2O4. The second-order valence-corrected chi connectivity index (χ2v) is 5.81. The van der Waals surface area contributed by atoms with E-state index in [1.807, 2.05) is 0 Å². The van der Waals surface area contributed by atoms with Crippen LogP contribution in [0.2, 0.25) is 0 Å². The summed E-state index contributed by atoms with van der Waals surface area (Å²) in [5, 5.41) is 14.0. The molecule has 0 unspecified atom stereocenters. The van der Waals surface area contributed by atoms with Gasteiger partial charge in [-0.2, -0.15) is 8.78 Å². The molecule has 9 heteroatoms. The minimum atomic E-state index is -3.10. The number of amides is 2. The van der Waals surface area contributed by atoms with Crippen molar-refractivity contribution in [1.82, 2.24) is 10.6 Å². The quantitative estimate of drug-likeness (QED) is 0.728. The number of rotatable bonds is 6. The molecule has 2 rings (SSSR count). The number of aliphatic carboxylic acids is 1. The van der Waals surface area contributed by atoms with Crippen LogP contribution in [0.4, 0.5) is 18.0 Å². The lowest BCUT2D eigenvalue weighted by atomic mass is 9.86. The first kappa shape index (κ1) is 18.9. The Morgan fingerprint density at radius 1 is 1.24 bits per heavy atom. The molecule has 0 radical (unpaired) electrons. The molecule has 2 amide bonds. The topological polar surface area (TPSA) is 87.7 Å². The molecular weight excluding hydrogens is 341 g/mol. The maximum absolute atomic E-state index is 13.8. The van der Waals surface area contributed by atoms with Crippen LogP contribution < -0.4 is 15.4 Å². The van der Waals surface area contributed by atoms with Gasteiger partial charge >= 0.3 is 18.6 Å². The summed E-state index contributed by atoms with van der Waals surface area (Å²) >= 11 is 0. The van der Waals surface area contributed by atoms with Crippen LogP contribution in [-0.4, -0.2) is 29.8 Å². The van der Waals surface area contributed by atoms with Crippen molar-refractivity contribution in [2.24, 2.45) is 5.92 Å².